The Kier molecular flexibility index (Phi) is 6.55. The summed E-state index contributed by atoms with van der Waals surface area (Å²) in [7, 11) is 1.31. The summed E-state index contributed by atoms with van der Waals surface area (Å²) in [6.45, 7) is 2.21. The minimum Gasteiger partial charge on any atom is -0.465 e. The van der Waals surface area contributed by atoms with Gasteiger partial charge in [-0.3, -0.25) is 0 Å². The molecule has 1 saturated heterocycles. The van der Waals surface area contributed by atoms with Crippen LogP contribution < -0.4 is 9.64 Å². The van der Waals surface area contributed by atoms with Crippen molar-refractivity contribution in [3.8, 4) is 5.75 Å². The fourth-order valence-electron chi connectivity index (χ4n) is 3.43. The smallest absolute Gasteiger partial charge is 0.343 e. The van der Waals surface area contributed by atoms with E-state index < -0.39 is 11.9 Å². The van der Waals surface area contributed by atoms with Crippen molar-refractivity contribution in [3.63, 3.8) is 0 Å². The third-order valence-corrected chi connectivity index (χ3v) is 5.19. The number of carbonyl (C=O) groups excluding carboxylic acids is 2. The number of rotatable bonds is 6. The van der Waals surface area contributed by atoms with Crippen LogP contribution in [-0.4, -0.2) is 32.1 Å². The van der Waals surface area contributed by atoms with Gasteiger partial charge in [-0.25, -0.2) is 9.59 Å². The summed E-state index contributed by atoms with van der Waals surface area (Å²) < 4.78 is 9.99. The number of anilines is 1. The number of ether oxygens (including phenoxy) is 2. The molecule has 1 fully saturated rings. The van der Waals surface area contributed by atoms with Gasteiger partial charge in [0.1, 0.15) is 5.75 Å². The van der Waals surface area contributed by atoms with Crippen molar-refractivity contribution in [1.29, 1.82) is 0 Å². The van der Waals surface area contributed by atoms with Gasteiger partial charge in [-0.15, -0.1) is 0 Å². The molecule has 0 saturated carbocycles. The van der Waals surface area contributed by atoms with E-state index in [4.69, 9.17) is 4.74 Å². The Morgan fingerprint density at radius 2 is 1.22 bits per heavy atom. The highest BCUT2D eigenvalue weighted by atomic mass is 16.5. The third kappa shape index (κ3) is 5.18. The number of benzene rings is 3. The summed E-state index contributed by atoms with van der Waals surface area (Å²) >= 11 is 0. The van der Waals surface area contributed by atoms with E-state index in [9.17, 15) is 9.59 Å². The average Bonchev–Trinajstić information content (AvgIpc) is 3.38. The molecule has 0 spiro atoms. The summed E-state index contributed by atoms with van der Waals surface area (Å²) in [4.78, 5) is 26.2. The molecule has 4 rings (SSSR count). The van der Waals surface area contributed by atoms with E-state index in [0.29, 0.717) is 22.6 Å². The number of nitrogens with zero attached hydrogens (tertiary/aromatic N) is 3. The largest absolute Gasteiger partial charge is 0.465 e. The molecule has 0 radical (unpaired) electrons. The molecular weight excluding hydrogens is 406 g/mol. The zero-order valence-electron chi connectivity index (χ0n) is 17.7. The average molecular weight is 429 g/mol. The van der Waals surface area contributed by atoms with Crippen LogP contribution in [0.25, 0.3) is 0 Å². The number of methoxy groups -OCH3 is 1. The fourth-order valence-corrected chi connectivity index (χ4v) is 3.43. The summed E-state index contributed by atoms with van der Waals surface area (Å²) in [5.41, 5.74) is 3.38. The highest BCUT2D eigenvalue weighted by Crippen LogP contribution is 2.25. The minimum atomic E-state index is -0.503. The Morgan fingerprint density at radius 3 is 1.78 bits per heavy atom. The van der Waals surface area contributed by atoms with Gasteiger partial charge in [0.05, 0.1) is 29.6 Å². The van der Waals surface area contributed by atoms with Gasteiger partial charge in [0.2, 0.25) is 0 Å². The molecule has 7 nitrogen and oxygen atoms in total. The molecule has 0 atom stereocenters. The first-order chi connectivity index (χ1) is 15.6. The Hall–Kier alpha value is -4.00. The van der Waals surface area contributed by atoms with Crippen molar-refractivity contribution in [2.45, 2.75) is 12.8 Å². The highest BCUT2D eigenvalue weighted by molar-refractivity contribution is 5.92. The second-order valence-corrected chi connectivity index (χ2v) is 7.36. The Morgan fingerprint density at radius 1 is 0.719 bits per heavy atom. The fraction of sp³-hybridized carbons (Fsp3) is 0.200. The number of azo groups is 1. The summed E-state index contributed by atoms with van der Waals surface area (Å²) in [5, 5.41) is 8.51. The van der Waals surface area contributed by atoms with E-state index in [1.54, 1.807) is 36.4 Å². The van der Waals surface area contributed by atoms with Crippen LogP contribution in [0.3, 0.4) is 0 Å². The number of carbonyl (C=O) groups is 2. The van der Waals surface area contributed by atoms with E-state index >= 15 is 0 Å². The van der Waals surface area contributed by atoms with Gasteiger partial charge < -0.3 is 14.4 Å². The highest BCUT2D eigenvalue weighted by Gasteiger charge is 2.12. The van der Waals surface area contributed by atoms with Crippen molar-refractivity contribution in [1.82, 2.24) is 0 Å². The second kappa shape index (κ2) is 9.87. The molecule has 0 bridgehead atoms. The molecule has 0 aliphatic carbocycles. The first-order valence-corrected chi connectivity index (χ1v) is 10.4. The summed E-state index contributed by atoms with van der Waals surface area (Å²) in [5.74, 6) is -0.615. The first-order valence-electron chi connectivity index (χ1n) is 10.4. The van der Waals surface area contributed by atoms with Crippen LogP contribution in [-0.2, 0) is 4.74 Å². The van der Waals surface area contributed by atoms with Crippen LogP contribution in [0.4, 0.5) is 17.1 Å². The van der Waals surface area contributed by atoms with Crippen LogP contribution in [0.15, 0.2) is 83.0 Å². The van der Waals surface area contributed by atoms with Gasteiger partial charge in [0.15, 0.2) is 0 Å². The van der Waals surface area contributed by atoms with Crippen LogP contribution in [0.5, 0.6) is 5.75 Å². The molecule has 0 unspecified atom stereocenters. The molecule has 0 N–H and O–H groups in total. The van der Waals surface area contributed by atoms with Gasteiger partial charge in [-0.05, 0) is 85.6 Å². The quantitative estimate of drug-likeness (QED) is 0.285. The maximum atomic E-state index is 12.3. The molecule has 7 heteroatoms. The van der Waals surface area contributed by atoms with Gasteiger partial charge >= 0.3 is 11.9 Å². The van der Waals surface area contributed by atoms with Crippen molar-refractivity contribution in [2.24, 2.45) is 10.2 Å². The second-order valence-electron chi connectivity index (χ2n) is 7.36. The van der Waals surface area contributed by atoms with E-state index in [-0.39, 0.29) is 0 Å². The van der Waals surface area contributed by atoms with Crippen molar-refractivity contribution >= 4 is 29.0 Å². The molecule has 3 aromatic rings. The van der Waals surface area contributed by atoms with Crippen LogP contribution in [0, 0.1) is 0 Å². The van der Waals surface area contributed by atoms with E-state index in [1.807, 2.05) is 12.1 Å². The predicted octanol–water partition coefficient (Wildman–Crippen LogP) is 5.71. The van der Waals surface area contributed by atoms with Crippen molar-refractivity contribution in [2.75, 3.05) is 25.1 Å². The van der Waals surface area contributed by atoms with E-state index in [1.165, 1.54) is 37.8 Å². The lowest BCUT2D eigenvalue weighted by molar-refractivity contribution is 0.0600. The van der Waals surface area contributed by atoms with Crippen molar-refractivity contribution < 1.29 is 19.1 Å². The molecule has 32 heavy (non-hydrogen) atoms. The van der Waals surface area contributed by atoms with Crippen LogP contribution in [0.2, 0.25) is 0 Å². The normalized spacial score (nSPS) is 13.3. The predicted molar refractivity (Wildman–Crippen MR) is 121 cm³/mol. The zero-order chi connectivity index (χ0) is 22.3. The molecule has 1 aliphatic rings. The third-order valence-electron chi connectivity index (χ3n) is 5.19. The Bertz CT molecular complexity index is 1100. The monoisotopic (exact) mass is 429 g/mol. The lowest BCUT2D eigenvalue weighted by Gasteiger charge is -2.17. The maximum Gasteiger partial charge on any atom is 0.343 e. The lowest BCUT2D eigenvalue weighted by Crippen LogP contribution is -2.17. The SMILES string of the molecule is COC(=O)c1ccc(OC(=O)c2ccc(N=Nc3ccc(N4CCCC4)cc3)cc2)cc1. The molecular formula is C25H23N3O4. The van der Waals surface area contributed by atoms with Gasteiger partial charge in [-0.2, -0.15) is 10.2 Å². The standard InChI is InChI=1S/C25H23N3O4/c1-31-24(29)18-6-14-23(15-7-18)32-25(30)19-4-8-20(9-5-19)26-27-21-10-12-22(13-11-21)28-16-2-3-17-28/h4-15H,2-3,16-17H2,1H3. The Balaban J connectivity index is 1.35. The molecule has 0 aromatic heterocycles. The van der Waals surface area contributed by atoms with E-state index in [2.05, 4.69) is 32.0 Å². The summed E-state index contributed by atoms with van der Waals surface area (Å²) in [6, 6.07) is 20.9. The Labute approximate surface area is 186 Å². The number of hydrogen-bond donors (Lipinski definition) is 0. The minimum absolute atomic E-state index is 0.337. The number of hydrogen-bond acceptors (Lipinski definition) is 7. The van der Waals surface area contributed by atoms with Gasteiger partial charge in [0, 0.05) is 18.8 Å². The van der Waals surface area contributed by atoms with E-state index in [0.717, 1.165) is 18.8 Å². The molecule has 162 valence electrons. The molecule has 3 aromatic carbocycles. The molecule has 1 heterocycles. The van der Waals surface area contributed by atoms with Crippen LogP contribution in [0.1, 0.15) is 33.6 Å². The maximum absolute atomic E-state index is 12.3. The van der Waals surface area contributed by atoms with Gasteiger partial charge in [-0.1, -0.05) is 0 Å². The first kappa shape index (κ1) is 21.2. The molecule has 0 amide bonds. The molecule has 1 aliphatic heterocycles. The summed E-state index contributed by atoms with van der Waals surface area (Å²) in [6.07, 6.45) is 2.49. The van der Waals surface area contributed by atoms with Crippen molar-refractivity contribution in [3.05, 3.63) is 83.9 Å². The lowest BCUT2D eigenvalue weighted by atomic mass is 10.2. The number of esters is 2. The van der Waals surface area contributed by atoms with Gasteiger partial charge in [0.25, 0.3) is 0 Å². The topological polar surface area (TPSA) is 80.6 Å². The van der Waals surface area contributed by atoms with Crippen LogP contribution >= 0.6 is 0 Å². The zero-order valence-corrected chi connectivity index (χ0v) is 17.7.